The minimum atomic E-state index is -1.05. The minimum absolute atomic E-state index is 0.0849. The summed E-state index contributed by atoms with van der Waals surface area (Å²) in [6.45, 7) is 6.02. The van der Waals surface area contributed by atoms with Crippen molar-refractivity contribution in [1.29, 1.82) is 0 Å². The third-order valence-corrected chi connectivity index (χ3v) is 2.67. The molecule has 1 rings (SSSR count). The van der Waals surface area contributed by atoms with Gasteiger partial charge in [-0.15, -0.1) is 0 Å². The highest BCUT2D eigenvalue weighted by molar-refractivity contribution is 5.94. The molecule has 5 heteroatoms. The Balaban J connectivity index is 2.86. The molecular weight excluding hydrogens is 246 g/mol. The van der Waals surface area contributed by atoms with Crippen LogP contribution in [-0.2, 0) is 4.79 Å². The van der Waals surface area contributed by atoms with Crippen LogP contribution in [0.5, 0.6) is 5.75 Å². The van der Waals surface area contributed by atoms with E-state index in [1.807, 2.05) is 20.8 Å². The number of hydrogen-bond acceptors (Lipinski definition) is 3. The normalized spacial score (nSPS) is 10.3. The largest absolute Gasteiger partial charge is 0.482 e. The van der Waals surface area contributed by atoms with Crippen molar-refractivity contribution in [3.05, 3.63) is 29.8 Å². The van der Waals surface area contributed by atoms with E-state index in [-0.39, 0.29) is 11.9 Å². The predicted molar refractivity (Wildman–Crippen MR) is 71.4 cm³/mol. The van der Waals surface area contributed by atoms with Crippen LogP contribution < -0.4 is 4.74 Å². The number of carboxylic acids is 1. The summed E-state index contributed by atoms with van der Waals surface area (Å²) < 4.78 is 5.06. The van der Waals surface area contributed by atoms with Crippen molar-refractivity contribution in [1.82, 2.24) is 4.90 Å². The van der Waals surface area contributed by atoms with Crippen LogP contribution in [-0.4, -0.2) is 41.1 Å². The number of carboxylic acid groups (broad SMARTS) is 1. The molecular formula is C14H19NO4. The molecule has 1 amide bonds. The Kier molecular flexibility index (Phi) is 5.36. The number of benzene rings is 1. The first kappa shape index (κ1) is 15.0. The van der Waals surface area contributed by atoms with Crippen LogP contribution in [0.25, 0.3) is 0 Å². The molecule has 0 spiro atoms. The molecule has 0 heterocycles. The van der Waals surface area contributed by atoms with Gasteiger partial charge < -0.3 is 14.7 Å². The first-order valence-electron chi connectivity index (χ1n) is 6.21. The van der Waals surface area contributed by atoms with Crippen LogP contribution in [0, 0.1) is 0 Å². The summed E-state index contributed by atoms with van der Waals surface area (Å²) >= 11 is 0. The van der Waals surface area contributed by atoms with E-state index in [0.29, 0.717) is 17.9 Å². The predicted octanol–water partition coefficient (Wildman–Crippen LogP) is 2.02. The molecule has 0 bridgehead atoms. The average molecular weight is 265 g/mol. The first-order valence-corrected chi connectivity index (χ1v) is 6.21. The fraction of sp³-hybridized carbons (Fsp3) is 0.429. The number of ether oxygens (including phenoxy) is 1. The number of aliphatic carboxylic acids is 1. The van der Waals surface area contributed by atoms with Crippen molar-refractivity contribution in [3.8, 4) is 5.75 Å². The Bertz CT molecular complexity index is 457. The molecule has 5 nitrogen and oxygen atoms in total. The van der Waals surface area contributed by atoms with E-state index in [1.165, 1.54) is 0 Å². The first-order chi connectivity index (χ1) is 8.95. The zero-order valence-electron chi connectivity index (χ0n) is 11.4. The van der Waals surface area contributed by atoms with Crippen molar-refractivity contribution >= 4 is 11.9 Å². The molecule has 19 heavy (non-hydrogen) atoms. The molecule has 0 aliphatic heterocycles. The average Bonchev–Trinajstić information content (AvgIpc) is 2.37. The number of amides is 1. The van der Waals surface area contributed by atoms with E-state index in [2.05, 4.69) is 0 Å². The second-order valence-corrected chi connectivity index (χ2v) is 4.40. The van der Waals surface area contributed by atoms with Crippen LogP contribution in [0.3, 0.4) is 0 Å². The van der Waals surface area contributed by atoms with E-state index in [9.17, 15) is 9.59 Å². The van der Waals surface area contributed by atoms with E-state index in [0.717, 1.165) is 0 Å². The van der Waals surface area contributed by atoms with Gasteiger partial charge in [0, 0.05) is 18.2 Å². The van der Waals surface area contributed by atoms with E-state index >= 15 is 0 Å². The summed E-state index contributed by atoms with van der Waals surface area (Å²) in [6.07, 6.45) is 0. The monoisotopic (exact) mass is 265 g/mol. The summed E-state index contributed by atoms with van der Waals surface area (Å²) in [5, 5.41) is 8.55. The van der Waals surface area contributed by atoms with Gasteiger partial charge in [0.05, 0.1) is 0 Å². The maximum atomic E-state index is 12.3. The topological polar surface area (TPSA) is 66.8 Å². The third kappa shape index (κ3) is 4.28. The van der Waals surface area contributed by atoms with E-state index in [1.54, 1.807) is 29.2 Å². The van der Waals surface area contributed by atoms with E-state index < -0.39 is 12.6 Å². The molecule has 0 saturated heterocycles. The van der Waals surface area contributed by atoms with Gasteiger partial charge in [0.2, 0.25) is 0 Å². The van der Waals surface area contributed by atoms with Crippen molar-refractivity contribution in [2.24, 2.45) is 0 Å². The van der Waals surface area contributed by atoms with Crippen LogP contribution in [0.15, 0.2) is 24.3 Å². The molecule has 0 saturated carbocycles. The maximum absolute atomic E-state index is 12.3. The van der Waals surface area contributed by atoms with Gasteiger partial charge in [-0.3, -0.25) is 4.79 Å². The smallest absolute Gasteiger partial charge is 0.341 e. The van der Waals surface area contributed by atoms with Gasteiger partial charge in [-0.2, -0.15) is 0 Å². The van der Waals surface area contributed by atoms with Gasteiger partial charge in [-0.05, 0) is 39.0 Å². The van der Waals surface area contributed by atoms with Gasteiger partial charge in [-0.25, -0.2) is 4.79 Å². The van der Waals surface area contributed by atoms with Crippen molar-refractivity contribution in [2.45, 2.75) is 26.8 Å². The standard InChI is InChI=1S/C14H19NO4/c1-4-15(10(2)3)14(18)11-6-5-7-12(8-11)19-9-13(16)17/h5-8,10H,4,9H2,1-3H3,(H,16,17). The molecule has 0 aromatic heterocycles. The Morgan fingerprint density at radius 3 is 2.58 bits per heavy atom. The second-order valence-electron chi connectivity index (χ2n) is 4.40. The summed E-state index contributed by atoms with van der Waals surface area (Å²) in [7, 11) is 0. The van der Waals surface area contributed by atoms with Gasteiger partial charge in [-0.1, -0.05) is 6.07 Å². The summed E-state index contributed by atoms with van der Waals surface area (Å²) in [5.41, 5.74) is 0.499. The number of hydrogen-bond donors (Lipinski definition) is 1. The van der Waals surface area contributed by atoms with E-state index in [4.69, 9.17) is 9.84 Å². The van der Waals surface area contributed by atoms with Crippen LogP contribution in [0.1, 0.15) is 31.1 Å². The van der Waals surface area contributed by atoms with Crippen LogP contribution in [0.2, 0.25) is 0 Å². The molecule has 0 aliphatic rings. The van der Waals surface area contributed by atoms with Crippen molar-refractivity contribution < 1.29 is 19.4 Å². The molecule has 104 valence electrons. The maximum Gasteiger partial charge on any atom is 0.341 e. The van der Waals surface area contributed by atoms with Crippen molar-refractivity contribution in [2.75, 3.05) is 13.2 Å². The molecule has 1 aromatic rings. The lowest BCUT2D eigenvalue weighted by Crippen LogP contribution is -2.36. The SMILES string of the molecule is CCN(C(=O)c1cccc(OCC(=O)O)c1)C(C)C. The van der Waals surface area contributed by atoms with Crippen LogP contribution >= 0.6 is 0 Å². The van der Waals surface area contributed by atoms with Gasteiger partial charge in [0.25, 0.3) is 5.91 Å². The zero-order valence-corrected chi connectivity index (χ0v) is 11.4. The second kappa shape index (κ2) is 6.78. The summed E-state index contributed by atoms with van der Waals surface area (Å²) in [6, 6.07) is 6.68. The Labute approximate surface area is 112 Å². The number of carbonyl (C=O) groups excluding carboxylic acids is 1. The Morgan fingerprint density at radius 2 is 2.05 bits per heavy atom. The summed E-state index contributed by atoms with van der Waals surface area (Å²) in [5.74, 6) is -0.750. The molecule has 0 fully saturated rings. The molecule has 0 unspecified atom stereocenters. The number of carbonyl (C=O) groups is 2. The quantitative estimate of drug-likeness (QED) is 0.854. The molecule has 1 aromatic carbocycles. The zero-order chi connectivity index (χ0) is 14.4. The highest BCUT2D eigenvalue weighted by atomic mass is 16.5. The van der Waals surface area contributed by atoms with Gasteiger partial charge >= 0.3 is 5.97 Å². The lowest BCUT2D eigenvalue weighted by molar-refractivity contribution is -0.139. The lowest BCUT2D eigenvalue weighted by Gasteiger charge is -2.25. The Morgan fingerprint density at radius 1 is 1.37 bits per heavy atom. The molecule has 0 radical (unpaired) electrons. The fourth-order valence-electron chi connectivity index (χ4n) is 1.77. The molecule has 0 aliphatic carbocycles. The van der Waals surface area contributed by atoms with Crippen LogP contribution in [0.4, 0.5) is 0 Å². The third-order valence-electron chi connectivity index (χ3n) is 2.67. The Hall–Kier alpha value is -2.04. The minimum Gasteiger partial charge on any atom is -0.482 e. The van der Waals surface area contributed by atoms with Crippen molar-refractivity contribution in [3.63, 3.8) is 0 Å². The number of nitrogens with zero attached hydrogens (tertiary/aromatic N) is 1. The van der Waals surface area contributed by atoms with Gasteiger partial charge in [0.1, 0.15) is 5.75 Å². The highest BCUT2D eigenvalue weighted by Gasteiger charge is 2.17. The summed E-state index contributed by atoms with van der Waals surface area (Å²) in [4.78, 5) is 24.4. The molecule has 1 N–H and O–H groups in total. The van der Waals surface area contributed by atoms with Gasteiger partial charge in [0.15, 0.2) is 6.61 Å². The molecule has 0 atom stereocenters. The lowest BCUT2D eigenvalue weighted by atomic mass is 10.1. The fourth-order valence-corrected chi connectivity index (χ4v) is 1.77. The highest BCUT2D eigenvalue weighted by Crippen LogP contribution is 2.16. The number of rotatable bonds is 6.